The number of hydrogen-bond donors (Lipinski definition) is 6. The maximum absolute atomic E-state index is 14.2. The van der Waals surface area contributed by atoms with Gasteiger partial charge in [0.15, 0.2) is 5.96 Å². The molecule has 0 bridgehead atoms. The van der Waals surface area contributed by atoms with Gasteiger partial charge in [-0.25, -0.2) is 0 Å². The summed E-state index contributed by atoms with van der Waals surface area (Å²) in [5.41, 5.74) is 10.5. The van der Waals surface area contributed by atoms with Crippen LogP contribution in [0, 0.1) is 5.92 Å². The molecular weight excluding hydrogens is 582 g/mol. The van der Waals surface area contributed by atoms with Gasteiger partial charge in [-0.15, -0.1) is 0 Å². The summed E-state index contributed by atoms with van der Waals surface area (Å²) in [6.45, 7) is 7.43. The topological polar surface area (TPSA) is 181 Å². The molecular formula is C35H51N7O4. The van der Waals surface area contributed by atoms with Crippen LogP contribution >= 0.6 is 0 Å². The monoisotopic (exact) mass is 633 g/mol. The molecule has 250 valence electrons. The van der Waals surface area contributed by atoms with Crippen LogP contribution in [0.15, 0.2) is 65.7 Å². The molecule has 0 spiro atoms. The predicted octanol–water partition coefficient (Wildman–Crippen LogP) is 3.19. The number of carbonyl (C=O) groups excluding carboxylic acids is 4. The van der Waals surface area contributed by atoms with Gasteiger partial charge in [0, 0.05) is 12.5 Å². The van der Waals surface area contributed by atoms with Crippen molar-refractivity contribution in [3.63, 3.8) is 0 Å². The molecule has 8 N–H and O–H groups in total. The number of benzene rings is 2. The molecule has 46 heavy (non-hydrogen) atoms. The summed E-state index contributed by atoms with van der Waals surface area (Å²) in [5.74, 6) is -1.83. The van der Waals surface area contributed by atoms with E-state index < -0.39 is 35.0 Å². The van der Waals surface area contributed by atoms with E-state index in [-0.39, 0.29) is 36.7 Å². The number of amides is 4. The quantitative estimate of drug-likeness (QED) is 0.0938. The number of aliphatic imine (C=N–C) groups is 1. The Kier molecular flexibility index (Phi) is 13.1. The van der Waals surface area contributed by atoms with Crippen molar-refractivity contribution in [1.29, 1.82) is 0 Å². The number of nitrogens with one attached hydrogen (secondary N) is 4. The van der Waals surface area contributed by atoms with Crippen LogP contribution in [0.5, 0.6) is 0 Å². The van der Waals surface area contributed by atoms with E-state index >= 15 is 0 Å². The number of nitrogens with two attached hydrogens (primary N) is 2. The normalized spacial score (nSPS) is 14.7. The highest BCUT2D eigenvalue weighted by atomic mass is 16.2. The Labute approximate surface area is 272 Å². The SMILES string of the molecule is CCC(CC)(NC(=O)C(C)C)C(=O)N[C@H](CCCN=C(N)N)C(=O)NC1(C(=O)NC(c2ccccc2)c2ccccc2)CCCC1. The van der Waals surface area contributed by atoms with E-state index in [9.17, 15) is 19.2 Å². The molecule has 0 aromatic heterocycles. The van der Waals surface area contributed by atoms with Crippen molar-refractivity contribution in [3.8, 4) is 0 Å². The van der Waals surface area contributed by atoms with Crippen molar-refractivity contribution < 1.29 is 19.2 Å². The number of rotatable bonds is 16. The first-order valence-electron chi connectivity index (χ1n) is 16.4. The Morgan fingerprint density at radius 2 is 1.39 bits per heavy atom. The zero-order valence-electron chi connectivity index (χ0n) is 27.6. The molecule has 0 saturated heterocycles. The molecule has 2 aromatic carbocycles. The molecule has 1 aliphatic rings. The summed E-state index contributed by atoms with van der Waals surface area (Å²) in [6, 6.07) is 18.0. The van der Waals surface area contributed by atoms with Crippen LogP contribution in [0.2, 0.25) is 0 Å². The third-order valence-electron chi connectivity index (χ3n) is 8.89. The first-order valence-corrected chi connectivity index (χ1v) is 16.4. The highest BCUT2D eigenvalue weighted by molar-refractivity contribution is 5.97. The Hall–Kier alpha value is -4.41. The first-order chi connectivity index (χ1) is 22.0. The first kappa shape index (κ1) is 36.1. The number of guanidine groups is 1. The molecule has 0 aliphatic heterocycles. The van der Waals surface area contributed by atoms with E-state index in [2.05, 4.69) is 26.3 Å². The third kappa shape index (κ3) is 9.31. The van der Waals surface area contributed by atoms with Gasteiger partial charge in [-0.3, -0.25) is 24.2 Å². The largest absolute Gasteiger partial charge is 0.370 e. The molecule has 4 amide bonds. The molecule has 1 fully saturated rings. The molecule has 0 unspecified atom stereocenters. The summed E-state index contributed by atoms with van der Waals surface area (Å²) < 4.78 is 0. The lowest BCUT2D eigenvalue weighted by Gasteiger charge is -2.36. The third-order valence-corrected chi connectivity index (χ3v) is 8.89. The second kappa shape index (κ2) is 16.8. The second-order valence-corrected chi connectivity index (χ2v) is 12.4. The fourth-order valence-electron chi connectivity index (χ4n) is 5.88. The van der Waals surface area contributed by atoms with Gasteiger partial charge in [0.25, 0.3) is 0 Å². The van der Waals surface area contributed by atoms with E-state index in [1.165, 1.54) is 0 Å². The summed E-state index contributed by atoms with van der Waals surface area (Å²) in [7, 11) is 0. The van der Waals surface area contributed by atoms with E-state index in [1.807, 2.05) is 74.5 Å². The van der Waals surface area contributed by atoms with Crippen molar-refractivity contribution in [2.45, 2.75) is 102 Å². The van der Waals surface area contributed by atoms with Crippen LogP contribution in [0.1, 0.15) is 96.2 Å². The Balaban J connectivity index is 1.88. The molecule has 3 rings (SSSR count). The van der Waals surface area contributed by atoms with E-state index in [1.54, 1.807) is 13.8 Å². The number of nitrogens with zero attached hydrogens (tertiary/aromatic N) is 1. The molecule has 11 heteroatoms. The maximum Gasteiger partial charge on any atom is 0.246 e. The Morgan fingerprint density at radius 1 is 0.848 bits per heavy atom. The van der Waals surface area contributed by atoms with Crippen LogP contribution < -0.4 is 32.7 Å². The maximum atomic E-state index is 14.2. The van der Waals surface area contributed by atoms with Gasteiger partial charge in [0.2, 0.25) is 23.6 Å². The van der Waals surface area contributed by atoms with Gasteiger partial charge in [0.1, 0.15) is 17.1 Å². The van der Waals surface area contributed by atoms with Gasteiger partial charge < -0.3 is 32.7 Å². The average Bonchev–Trinajstić information content (AvgIpc) is 3.53. The summed E-state index contributed by atoms with van der Waals surface area (Å²) in [5, 5.41) is 12.1. The summed E-state index contributed by atoms with van der Waals surface area (Å²) in [4.78, 5) is 58.7. The minimum Gasteiger partial charge on any atom is -0.370 e. The molecule has 2 aromatic rings. The van der Waals surface area contributed by atoms with E-state index in [4.69, 9.17) is 11.5 Å². The Bertz CT molecular complexity index is 1290. The molecule has 0 radical (unpaired) electrons. The van der Waals surface area contributed by atoms with Gasteiger partial charge in [-0.05, 0) is 49.7 Å². The lowest BCUT2D eigenvalue weighted by atomic mass is 9.89. The van der Waals surface area contributed by atoms with Crippen LogP contribution in [-0.2, 0) is 19.2 Å². The lowest BCUT2D eigenvalue weighted by molar-refractivity contribution is -0.139. The fourth-order valence-corrected chi connectivity index (χ4v) is 5.88. The molecule has 1 saturated carbocycles. The van der Waals surface area contributed by atoms with Crippen LogP contribution in [0.4, 0.5) is 0 Å². The zero-order chi connectivity index (χ0) is 33.7. The van der Waals surface area contributed by atoms with Crippen molar-refractivity contribution in [2.24, 2.45) is 22.4 Å². The minimum absolute atomic E-state index is 0.0645. The smallest absolute Gasteiger partial charge is 0.246 e. The van der Waals surface area contributed by atoms with Crippen LogP contribution in [-0.4, -0.2) is 53.3 Å². The van der Waals surface area contributed by atoms with E-state index in [0.717, 1.165) is 24.0 Å². The summed E-state index contributed by atoms with van der Waals surface area (Å²) in [6.07, 6.45) is 3.78. The van der Waals surface area contributed by atoms with Gasteiger partial charge in [-0.1, -0.05) is 101 Å². The minimum atomic E-state index is -1.19. The van der Waals surface area contributed by atoms with Crippen molar-refractivity contribution in [2.75, 3.05) is 6.54 Å². The van der Waals surface area contributed by atoms with E-state index in [0.29, 0.717) is 32.1 Å². The highest BCUT2D eigenvalue weighted by Crippen LogP contribution is 2.32. The van der Waals surface area contributed by atoms with Crippen LogP contribution in [0.25, 0.3) is 0 Å². The fraction of sp³-hybridized carbons (Fsp3) is 0.514. The number of hydrogen-bond acceptors (Lipinski definition) is 5. The predicted molar refractivity (Wildman–Crippen MR) is 180 cm³/mol. The van der Waals surface area contributed by atoms with Crippen molar-refractivity contribution in [1.82, 2.24) is 21.3 Å². The molecule has 11 nitrogen and oxygen atoms in total. The zero-order valence-corrected chi connectivity index (χ0v) is 27.6. The van der Waals surface area contributed by atoms with Gasteiger partial charge in [-0.2, -0.15) is 0 Å². The second-order valence-electron chi connectivity index (χ2n) is 12.4. The van der Waals surface area contributed by atoms with Crippen molar-refractivity contribution >= 4 is 29.6 Å². The molecule has 0 heterocycles. The van der Waals surface area contributed by atoms with Crippen LogP contribution in [0.3, 0.4) is 0 Å². The average molecular weight is 634 g/mol. The molecule has 1 aliphatic carbocycles. The van der Waals surface area contributed by atoms with Gasteiger partial charge in [0.05, 0.1) is 6.04 Å². The number of carbonyl (C=O) groups is 4. The van der Waals surface area contributed by atoms with Gasteiger partial charge >= 0.3 is 0 Å². The highest BCUT2D eigenvalue weighted by Gasteiger charge is 2.45. The van der Waals surface area contributed by atoms with Crippen molar-refractivity contribution in [3.05, 3.63) is 71.8 Å². The summed E-state index contributed by atoms with van der Waals surface area (Å²) >= 11 is 0. The standard InChI is InChI=1S/C35H51N7O4/c1-5-34(6-2,41-29(43)24(3)4)31(45)39-27(20-15-23-38-33(36)37)30(44)42-35(21-13-14-22-35)32(46)40-28(25-16-9-7-10-17-25)26-18-11-8-12-19-26/h7-12,16-19,24,27-28H,5-6,13-15,20-23H2,1-4H3,(H,39,45)(H,40,46)(H,41,43)(H,42,44)(H4,36,37,38)/t27-/m1/s1. The molecule has 1 atom stereocenters. The lowest BCUT2D eigenvalue weighted by Crippen LogP contribution is -2.64. The Morgan fingerprint density at radius 3 is 1.87 bits per heavy atom.